The van der Waals surface area contributed by atoms with Crippen molar-refractivity contribution in [3.05, 3.63) is 17.5 Å². The molecule has 1 unspecified atom stereocenters. The molecule has 0 N–H and O–H groups in total. The standard InChI is InChI=1S/C16H25NO/c1-5-8-9-10-12-16(4,11-6-2)14-13-18-17-15(14)7-3/h3,13H,5-6,8-12H2,1-2,4H3. The molecule has 0 aromatic carbocycles. The average Bonchev–Trinajstić information content (AvgIpc) is 2.84. The van der Waals surface area contributed by atoms with Crippen molar-refractivity contribution in [1.82, 2.24) is 5.16 Å². The molecule has 2 heteroatoms. The Morgan fingerprint density at radius 3 is 2.61 bits per heavy atom. The van der Waals surface area contributed by atoms with E-state index in [9.17, 15) is 0 Å². The smallest absolute Gasteiger partial charge is 0.159 e. The van der Waals surface area contributed by atoms with Gasteiger partial charge in [-0.2, -0.15) is 0 Å². The summed E-state index contributed by atoms with van der Waals surface area (Å²) in [5.74, 6) is 2.64. The number of hydrogen-bond acceptors (Lipinski definition) is 2. The highest BCUT2D eigenvalue weighted by Gasteiger charge is 2.29. The Labute approximate surface area is 111 Å². The summed E-state index contributed by atoms with van der Waals surface area (Å²) in [6.45, 7) is 6.74. The van der Waals surface area contributed by atoms with Crippen molar-refractivity contribution in [2.45, 2.75) is 71.1 Å². The van der Waals surface area contributed by atoms with E-state index in [0.717, 1.165) is 24.8 Å². The van der Waals surface area contributed by atoms with Crippen LogP contribution in [0.2, 0.25) is 0 Å². The van der Waals surface area contributed by atoms with Gasteiger partial charge in [0.05, 0.1) is 0 Å². The molecule has 0 spiro atoms. The van der Waals surface area contributed by atoms with Gasteiger partial charge in [-0.25, -0.2) is 0 Å². The molecule has 0 saturated heterocycles. The van der Waals surface area contributed by atoms with Crippen LogP contribution in [0.5, 0.6) is 0 Å². The van der Waals surface area contributed by atoms with Crippen molar-refractivity contribution < 1.29 is 4.52 Å². The molecule has 1 rings (SSSR count). The highest BCUT2D eigenvalue weighted by molar-refractivity contribution is 5.36. The molecule has 0 aliphatic carbocycles. The van der Waals surface area contributed by atoms with Crippen molar-refractivity contribution in [2.24, 2.45) is 0 Å². The van der Waals surface area contributed by atoms with Crippen LogP contribution < -0.4 is 0 Å². The molecular formula is C16H25NO. The maximum absolute atomic E-state index is 5.49. The van der Waals surface area contributed by atoms with Crippen molar-refractivity contribution in [1.29, 1.82) is 0 Å². The van der Waals surface area contributed by atoms with Gasteiger partial charge in [0.1, 0.15) is 6.26 Å². The summed E-state index contributed by atoms with van der Waals surface area (Å²) < 4.78 is 5.06. The third-order valence-corrected chi connectivity index (χ3v) is 3.74. The van der Waals surface area contributed by atoms with Crippen molar-refractivity contribution in [2.75, 3.05) is 0 Å². The van der Waals surface area contributed by atoms with Crippen molar-refractivity contribution in [3.63, 3.8) is 0 Å². The predicted octanol–water partition coefficient (Wildman–Crippen LogP) is 4.68. The number of nitrogens with zero attached hydrogens (tertiary/aromatic N) is 1. The second-order valence-corrected chi connectivity index (χ2v) is 5.34. The van der Waals surface area contributed by atoms with Crippen molar-refractivity contribution >= 4 is 0 Å². The second kappa shape index (κ2) is 7.26. The quantitative estimate of drug-likeness (QED) is 0.492. The van der Waals surface area contributed by atoms with Crippen LogP contribution in [0.4, 0.5) is 0 Å². The maximum Gasteiger partial charge on any atom is 0.159 e. The lowest BCUT2D eigenvalue weighted by Gasteiger charge is -2.28. The number of terminal acetylenes is 1. The summed E-state index contributed by atoms with van der Waals surface area (Å²) in [4.78, 5) is 0. The van der Waals surface area contributed by atoms with Crippen LogP contribution in [-0.4, -0.2) is 5.16 Å². The van der Waals surface area contributed by atoms with E-state index in [1.807, 2.05) is 0 Å². The predicted molar refractivity (Wildman–Crippen MR) is 75.5 cm³/mol. The summed E-state index contributed by atoms with van der Waals surface area (Å²) >= 11 is 0. The summed E-state index contributed by atoms with van der Waals surface area (Å²) in [5.41, 5.74) is 1.91. The van der Waals surface area contributed by atoms with Crippen LogP contribution in [-0.2, 0) is 5.41 Å². The summed E-state index contributed by atoms with van der Waals surface area (Å²) in [6.07, 6.45) is 15.8. The fourth-order valence-electron chi connectivity index (χ4n) is 2.66. The van der Waals surface area contributed by atoms with Gasteiger partial charge in [-0.15, -0.1) is 6.42 Å². The number of rotatable bonds is 8. The van der Waals surface area contributed by atoms with Crippen LogP contribution in [0.3, 0.4) is 0 Å². The van der Waals surface area contributed by atoms with Gasteiger partial charge >= 0.3 is 0 Å². The SMILES string of the molecule is C#Cc1nocc1C(C)(CCC)CCCCCC. The Bertz CT molecular complexity index is 388. The molecule has 0 fully saturated rings. The lowest BCUT2D eigenvalue weighted by Crippen LogP contribution is -2.22. The Morgan fingerprint density at radius 1 is 1.22 bits per heavy atom. The minimum atomic E-state index is 0.115. The molecular weight excluding hydrogens is 222 g/mol. The molecule has 100 valence electrons. The second-order valence-electron chi connectivity index (χ2n) is 5.34. The van der Waals surface area contributed by atoms with Gasteiger partial charge in [-0.1, -0.05) is 58.0 Å². The van der Waals surface area contributed by atoms with Gasteiger partial charge in [-0.05, 0) is 24.2 Å². The molecule has 1 heterocycles. The molecule has 0 amide bonds. The normalized spacial score (nSPS) is 14.1. The van der Waals surface area contributed by atoms with Crippen LogP contribution in [0, 0.1) is 12.3 Å². The van der Waals surface area contributed by atoms with E-state index < -0.39 is 0 Å². The number of aromatic nitrogens is 1. The molecule has 2 nitrogen and oxygen atoms in total. The van der Waals surface area contributed by atoms with E-state index in [-0.39, 0.29) is 5.41 Å². The third-order valence-electron chi connectivity index (χ3n) is 3.74. The first-order valence-electron chi connectivity index (χ1n) is 7.09. The van der Waals surface area contributed by atoms with E-state index in [0.29, 0.717) is 5.69 Å². The van der Waals surface area contributed by atoms with E-state index in [1.54, 1.807) is 6.26 Å². The van der Waals surface area contributed by atoms with Gasteiger partial charge in [-0.3, -0.25) is 0 Å². The van der Waals surface area contributed by atoms with Crippen LogP contribution in [0.15, 0.2) is 10.8 Å². The minimum Gasteiger partial charge on any atom is -0.363 e. The Morgan fingerprint density at radius 2 is 2.00 bits per heavy atom. The molecule has 1 aromatic rings. The number of hydrogen-bond donors (Lipinski definition) is 0. The minimum absolute atomic E-state index is 0.115. The molecule has 1 aromatic heterocycles. The molecule has 1 atom stereocenters. The largest absolute Gasteiger partial charge is 0.363 e. The highest BCUT2D eigenvalue weighted by Crippen LogP contribution is 2.36. The lowest BCUT2D eigenvalue weighted by molar-refractivity contribution is 0.369. The monoisotopic (exact) mass is 247 g/mol. The van der Waals surface area contributed by atoms with Gasteiger partial charge in [0.2, 0.25) is 0 Å². The van der Waals surface area contributed by atoms with E-state index in [4.69, 9.17) is 10.9 Å². The summed E-state index contributed by atoms with van der Waals surface area (Å²) in [5, 5.41) is 3.92. The van der Waals surface area contributed by atoms with Gasteiger partial charge in [0.25, 0.3) is 0 Å². The number of unbranched alkanes of at least 4 members (excludes halogenated alkanes) is 3. The molecule has 0 radical (unpaired) electrons. The van der Waals surface area contributed by atoms with E-state index in [2.05, 4.69) is 31.8 Å². The van der Waals surface area contributed by atoms with Gasteiger partial charge in [0, 0.05) is 5.56 Å². The summed E-state index contributed by atoms with van der Waals surface area (Å²) in [6, 6.07) is 0. The van der Waals surface area contributed by atoms with Crippen LogP contribution in [0.1, 0.15) is 77.0 Å². The van der Waals surface area contributed by atoms with E-state index in [1.165, 1.54) is 25.7 Å². The highest BCUT2D eigenvalue weighted by atomic mass is 16.5. The van der Waals surface area contributed by atoms with Crippen LogP contribution in [0.25, 0.3) is 0 Å². The van der Waals surface area contributed by atoms with Gasteiger partial charge < -0.3 is 4.52 Å². The van der Waals surface area contributed by atoms with Crippen molar-refractivity contribution in [3.8, 4) is 12.3 Å². The molecule has 18 heavy (non-hydrogen) atoms. The Balaban J connectivity index is 2.76. The third kappa shape index (κ3) is 3.63. The fourth-order valence-corrected chi connectivity index (χ4v) is 2.66. The molecule has 0 aliphatic rings. The fraction of sp³-hybridized carbons (Fsp3) is 0.688. The first-order chi connectivity index (χ1) is 8.68. The van der Waals surface area contributed by atoms with Crippen LogP contribution >= 0.6 is 0 Å². The first-order valence-corrected chi connectivity index (χ1v) is 7.09. The zero-order valence-corrected chi connectivity index (χ0v) is 12.0. The van der Waals surface area contributed by atoms with E-state index >= 15 is 0 Å². The topological polar surface area (TPSA) is 26.0 Å². The molecule has 0 aliphatic heterocycles. The van der Waals surface area contributed by atoms with Gasteiger partial charge in [0.15, 0.2) is 5.69 Å². The maximum atomic E-state index is 5.49. The average molecular weight is 247 g/mol. The first kappa shape index (κ1) is 14.8. The lowest BCUT2D eigenvalue weighted by atomic mass is 9.75. The summed E-state index contributed by atoms with van der Waals surface area (Å²) in [7, 11) is 0. The molecule has 0 saturated carbocycles. The molecule has 0 bridgehead atoms. The zero-order valence-electron chi connectivity index (χ0n) is 12.0. The Kier molecular flexibility index (Phi) is 5.98. The zero-order chi connectivity index (χ0) is 13.4. The Hall–Kier alpha value is -1.23.